The number of nitrogens with two attached hydrogens (primary N) is 1. The third-order valence-corrected chi connectivity index (χ3v) is 4.07. The monoisotopic (exact) mass is 333 g/mol. The molecular weight excluding hydrogens is 314 g/mol. The minimum atomic E-state index is 0.0374. The number of nitrogens with zero attached hydrogens (tertiary/aromatic N) is 2. The SMILES string of the molecule is CC(N)C(c1ccccc1Br)N(C)Cc1cccnc1. The standard InChI is InChI=1S/C16H20BrN3/c1-12(18)16(14-7-3-4-8-15(14)17)20(2)11-13-6-5-9-19-10-13/h3-10,12,16H,11,18H2,1-2H3. The quantitative estimate of drug-likeness (QED) is 0.912. The van der Waals surface area contributed by atoms with E-state index in [9.17, 15) is 0 Å². The zero-order chi connectivity index (χ0) is 14.5. The number of hydrogen-bond acceptors (Lipinski definition) is 3. The summed E-state index contributed by atoms with van der Waals surface area (Å²) in [6, 6.07) is 12.5. The molecule has 0 aliphatic heterocycles. The lowest BCUT2D eigenvalue weighted by Crippen LogP contribution is -2.37. The van der Waals surface area contributed by atoms with Crippen LogP contribution in [0.15, 0.2) is 53.3 Å². The summed E-state index contributed by atoms with van der Waals surface area (Å²) < 4.78 is 1.10. The molecule has 1 aromatic carbocycles. The Morgan fingerprint density at radius 2 is 2.00 bits per heavy atom. The van der Waals surface area contributed by atoms with Crippen LogP contribution in [0.2, 0.25) is 0 Å². The van der Waals surface area contributed by atoms with Gasteiger partial charge in [-0.2, -0.15) is 0 Å². The van der Waals surface area contributed by atoms with Gasteiger partial charge in [0.1, 0.15) is 0 Å². The van der Waals surface area contributed by atoms with E-state index in [-0.39, 0.29) is 12.1 Å². The second kappa shape index (κ2) is 6.97. The molecule has 2 unspecified atom stereocenters. The minimum Gasteiger partial charge on any atom is -0.326 e. The van der Waals surface area contributed by atoms with Crippen molar-refractivity contribution in [1.82, 2.24) is 9.88 Å². The molecule has 0 fully saturated rings. The number of pyridine rings is 1. The van der Waals surface area contributed by atoms with Gasteiger partial charge in [-0.25, -0.2) is 0 Å². The molecule has 0 saturated heterocycles. The molecule has 0 saturated carbocycles. The first kappa shape index (κ1) is 15.2. The van der Waals surface area contributed by atoms with Gasteiger partial charge in [-0.05, 0) is 37.2 Å². The molecule has 0 spiro atoms. The fourth-order valence-corrected chi connectivity index (χ4v) is 3.03. The van der Waals surface area contributed by atoms with Crippen LogP contribution in [0.4, 0.5) is 0 Å². The first-order chi connectivity index (χ1) is 9.59. The van der Waals surface area contributed by atoms with E-state index in [1.54, 1.807) is 6.20 Å². The van der Waals surface area contributed by atoms with Gasteiger partial charge < -0.3 is 5.73 Å². The number of hydrogen-bond donors (Lipinski definition) is 1. The Balaban J connectivity index is 2.23. The molecule has 2 N–H and O–H groups in total. The van der Waals surface area contributed by atoms with Gasteiger partial charge in [0.25, 0.3) is 0 Å². The topological polar surface area (TPSA) is 42.1 Å². The second-order valence-corrected chi connectivity index (χ2v) is 5.96. The highest BCUT2D eigenvalue weighted by Gasteiger charge is 2.23. The lowest BCUT2D eigenvalue weighted by Gasteiger charge is -2.32. The average Bonchev–Trinajstić information content (AvgIpc) is 2.42. The van der Waals surface area contributed by atoms with Crippen LogP contribution in [-0.2, 0) is 6.54 Å². The van der Waals surface area contributed by atoms with E-state index in [0.717, 1.165) is 11.0 Å². The summed E-state index contributed by atoms with van der Waals surface area (Å²) in [5.41, 5.74) is 8.62. The van der Waals surface area contributed by atoms with Gasteiger partial charge in [0.2, 0.25) is 0 Å². The van der Waals surface area contributed by atoms with Gasteiger partial charge in [0.15, 0.2) is 0 Å². The summed E-state index contributed by atoms with van der Waals surface area (Å²) >= 11 is 3.62. The van der Waals surface area contributed by atoms with Gasteiger partial charge >= 0.3 is 0 Å². The van der Waals surface area contributed by atoms with E-state index in [1.807, 2.05) is 31.3 Å². The second-order valence-electron chi connectivity index (χ2n) is 5.10. The van der Waals surface area contributed by atoms with Crippen molar-refractivity contribution in [2.75, 3.05) is 7.05 Å². The van der Waals surface area contributed by atoms with Crippen LogP contribution in [0.5, 0.6) is 0 Å². The fraction of sp³-hybridized carbons (Fsp3) is 0.312. The van der Waals surface area contributed by atoms with Crippen LogP contribution in [0, 0.1) is 0 Å². The largest absolute Gasteiger partial charge is 0.326 e. The molecule has 4 heteroatoms. The molecule has 0 bridgehead atoms. The maximum atomic E-state index is 6.21. The van der Waals surface area contributed by atoms with Crippen molar-refractivity contribution < 1.29 is 0 Å². The lowest BCUT2D eigenvalue weighted by molar-refractivity contribution is 0.210. The normalized spacial score (nSPS) is 14.2. The van der Waals surface area contributed by atoms with Crippen LogP contribution in [0.3, 0.4) is 0 Å². The molecule has 1 heterocycles. The highest BCUT2D eigenvalue weighted by atomic mass is 79.9. The summed E-state index contributed by atoms with van der Waals surface area (Å²) in [7, 11) is 2.10. The number of rotatable bonds is 5. The van der Waals surface area contributed by atoms with Crippen molar-refractivity contribution in [3.05, 3.63) is 64.4 Å². The molecular formula is C16H20BrN3. The molecule has 20 heavy (non-hydrogen) atoms. The Morgan fingerprint density at radius 3 is 2.60 bits per heavy atom. The summed E-state index contributed by atoms with van der Waals surface area (Å²) in [6.07, 6.45) is 3.69. The summed E-state index contributed by atoms with van der Waals surface area (Å²) in [5, 5.41) is 0. The maximum absolute atomic E-state index is 6.21. The third kappa shape index (κ3) is 3.66. The number of benzene rings is 1. The van der Waals surface area contributed by atoms with Crippen molar-refractivity contribution in [3.8, 4) is 0 Å². The Hall–Kier alpha value is -1.23. The highest BCUT2D eigenvalue weighted by molar-refractivity contribution is 9.10. The van der Waals surface area contributed by atoms with E-state index in [2.05, 4.69) is 51.1 Å². The molecule has 0 radical (unpaired) electrons. The van der Waals surface area contributed by atoms with Gasteiger partial charge in [0, 0.05) is 29.5 Å². The Kier molecular flexibility index (Phi) is 5.29. The van der Waals surface area contributed by atoms with E-state index in [0.29, 0.717) is 0 Å². The molecule has 106 valence electrons. The van der Waals surface area contributed by atoms with Gasteiger partial charge in [0.05, 0.1) is 6.04 Å². The van der Waals surface area contributed by atoms with Crippen LogP contribution in [0.25, 0.3) is 0 Å². The number of likely N-dealkylation sites (N-methyl/N-ethyl adjacent to an activating group) is 1. The Bertz CT molecular complexity index is 542. The summed E-state index contributed by atoms with van der Waals surface area (Å²) in [6.45, 7) is 2.87. The van der Waals surface area contributed by atoms with Gasteiger partial charge in [-0.1, -0.05) is 40.2 Å². The molecule has 1 aromatic heterocycles. The van der Waals surface area contributed by atoms with Gasteiger partial charge in [-0.15, -0.1) is 0 Å². The van der Waals surface area contributed by atoms with Crippen LogP contribution in [0.1, 0.15) is 24.1 Å². The average molecular weight is 334 g/mol. The first-order valence-corrected chi connectivity index (χ1v) is 7.48. The first-order valence-electron chi connectivity index (χ1n) is 6.68. The zero-order valence-electron chi connectivity index (χ0n) is 11.8. The molecule has 2 atom stereocenters. The van der Waals surface area contributed by atoms with Gasteiger partial charge in [-0.3, -0.25) is 9.88 Å². The summed E-state index contributed by atoms with van der Waals surface area (Å²) in [5.74, 6) is 0. The molecule has 2 aromatic rings. The van der Waals surface area contributed by atoms with E-state index in [4.69, 9.17) is 5.73 Å². The van der Waals surface area contributed by atoms with Crippen molar-refractivity contribution in [1.29, 1.82) is 0 Å². The van der Waals surface area contributed by atoms with Crippen molar-refractivity contribution in [2.45, 2.75) is 25.6 Å². The Morgan fingerprint density at radius 1 is 1.25 bits per heavy atom. The number of halogens is 1. The minimum absolute atomic E-state index is 0.0374. The molecule has 2 rings (SSSR count). The van der Waals surface area contributed by atoms with Crippen molar-refractivity contribution in [3.63, 3.8) is 0 Å². The third-order valence-electron chi connectivity index (χ3n) is 3.35. The molecule has 0 aliphatic rings. The Labute approximate surface area is 129 Å². The van der Waals surface area contributed by atoms with E-state index >= 15 is 0 Å². The zero-order valence-corrected chi connectivity index (χ0v) is 13.4. The van der Waals surface area contributed by atoms with Crippen molar-refractivity contribution >= 4 is 15.9 Å². The molecule has 0 amide bonds. The molecule has 0 aliphatic carbocycles. The maximum Gasteiger partial charge on any atom is 0.0508 e. The molecule has 3 nitrogen and oxygen atoms in total. The van der Waals surface area contributed by atoms with E-state index in [1.165, 1.54) is 11.1 Å². The summed E-state index contributed by atoms with van der Waals surface area (Å²) in [4.78, 5) is 6.43. The van der Waals surface area contributed by atoms with Crippen LogP contribution < -0.4 is 5.73 Å². The van der Waals surface area contributed by atoms with E-state index < -0.39 is 0 Å². The fourth-order valence-electron chi connectivity index (χ4n) is 2.52. The smallest absolute Gasteiger partial charge is 0.0508 e. The predicted octanol–water partition coefficient (Wildman–Crippen LogP) is 3.36. The predicted molar refractivity (Wildman–Crippen MR) is 86.2 cm³/mol. The lowest BCUT2D eigenvalue weighted by atomic mass is 9.99. The van der Waals surface area contributed by atoms with Crippen molar-refractivity contribution in [2.24, 2.45) is 5.73 Å². The van der Waals surface area contributed by atoms with Crippen LogP contribution >= 0.6 is 15.9 Å². The highest BCUT2D eigenvalue weighted by Crippen LogP contribution is 2.29. The number of aromatic nitrogens is 1. The van der Waals surface area contributed by atoms with Crippen LogP contribution in [-0.4, -0.2) is 23.0 Å².